The molecule has 3 aromatic rings. The minimum Gasteiger partial charge on any atom is -0.497 e. The molecule has 2 aromatic carbocycles. The van der Waals surface area contributed by atoms with Crippen molar-refractivity contribution in [1.82, 2.24) is 14.4 Å². The summed E-state index contributed by atoms with van der Waals surface area (Å²) in [5.74, 6) is 0.792. The number of carbonyl (C=O) groups is 1. The predicted molar refractivity (Wildman–Crippen MR) is 121 cm³/mol. The number of aromatic nitrogens is 2. The summed E-state index contributed by atoms with van der Waals surface area (Å²) in [4.78, 5) is 17.3. The van der Waals surface area contributed by atoms with E-state index in [4.69, 9.17) is 18.7 Å². The average molecular weight is 488 g/mol. The average Bonchev–Trinajstić information content (AvgIpc) is 3.36. The molecule has 4 rings (SSSR count). The number of methoxy groups -OCH3 is 2. The second-order valence-electron chi connectivity index (χ2n) is 7.63. The standard InChI is InChI=1S/C23H25N3O7S/c1-30-16-11-12-18(20(14-16)31-2)22-24-21(33-25-22)15-32-23(27)19-10-6-7-13-26(19)34(28,29)17-8-4-3-5-9-17/h3-5,8-9,11-12,14,19H,6-7,10,13,15H2,1-2H3. The first-order valence-electron chi connectivity index (χ1n) is 10.7. The van der Waals surface area contributed by atoms with Gasteiger partial charge in [-0.15, -0.1) is 0 Å². The fraction of sp³-hybridized carbons (Fsp3) is 0.348. The number of carbonyl (C=O) groups excluding carboxylic acids is 1. The lowest BCUT2D eigenvalue weighted by Crippen LogP contribution is -2.48. The highest BCUT2D eigenvalue weighted by molar-refractivity contribution is 7.89. The highest BCUT2D eigenvalue weighted by Crippen LogP contribution is 2.32. The summed E-state index contributed by atoms with van der Waals surface area (Å²) in [6.07, 6.45) is 1.78. The molecule has 1 saturated heterocycles. The van der Waals surface area contributed by atoms with Crippen molar-refractivity contribution in [1.29, 1.82) is 0 Å². The van der Waals surface area contributed by atoms with Gasteiger partial charge in [0.05, 0.1) is 24.7 Å². The van der Waals surface area contributed by atoms with Crippen LogP contribution in [-0.2, 0) is 26.2 Å². The van der Waals surface area contributed by atoms with Crippen LogP contribution in [0.3, 0.4) is 0 Å². The van der Waals surface area contributed by atoms with E-state index >= 15 is 0 Å². The lowest BCUT2D eigenvalue weighted by atomic mass is 10.1. The molecule has 10 nitrogen and oxygen atoms in total. The van der Waals surface area contributed by atoms with E-state index in [1.54, 1.807) is 43.5 Å². The third kappa shape index (κ3) is 4.90. The highest BCUT2D eigenvalue weighted by atomic mass is 32.2. The van der Waals surface area contributed by atoms with Gasteiger partial charge in [-0.3, -0.25) is 4.79 Å². The lowest BCUT2D eigenvalue weighted by Gasteiger charge is -2.32. The van der Waals surface area contributed by atoms with Gasteiger partial charge >= 0.3 is 5.97 Å². The maximum atomic E-state index is 13.1. The predicted octanol–water partition coefficient (Wildman–Crippen LogP) is 3.04. The molecule has 34 heavy (non-hydrogen) atoms. The number of rotatable bonds is 8. The molecule has 0 amide bonds. The van der Waals surface area contributed by atoms with Crippen molar-refractivity contribution in [2.75, 3.05) is 20.8 Å². The van der Waals surface area contributed by atoms with Crippen LogP contribution in [0.4, 0.5) is 0 Å². The summed E-state index contributed by atoms with van der Waals surface area (Å²) in [6, 6.07) is 12.3. The maximum Gasteiger partial charge on any atom is 0.324 e. The molecule has 1 fully saturated rings. The summed E-state index contributed by atoms with van der Waals surface area (Å²) in [7, 11) is -0.764. The van der Waals surface area contributed by atoms with Gasteiger partial charge in [-0.2, -0.15) is 9.29 Å². The minimum absolute atomic E-state index is 0.0782. The van der Waals surface area contributed by atoms with E-state index in [0.717, 1.165) is 6.42 Å². The van der Waals surface area contributed by atoms with E-state index in [0.29, 0.717) is 29.9 Å². The van der Waals surface area contributed by atoms with Crippen LogP contribution in [0, 0.1) is 0 Å². The molecule has 1 unspecified atom stereocenters. The SMILES string of the molecule is COc1ccc(-c2noc(COC(=O)C3CCCCN3S(=O)(=O)c3ccccc3)n2)c(OC)c1. The van der Waals surface area contributed by atoms with Crippen molar-refractivity contribution in [3.8, 4) is 22.9 Å². The lowest BCUT2D eigenvalue weighted by molar-refractivity contribution is -0.151. The van der Waals surface area contributed by atoms with Gasteiger partial charge in [0, 0.05) is 12.6 Å². The van der Waals surface area contributed by atoms with Crippen LogP contribution in [0.2, 0.25) is 0 Å². The number of sulfonamides is 1. The van der Waals surface area contributed by atoms with Crippen LogP contribution < -0.4 is 9.47 Å². The number of hydrogen-bond donors (Lipinski definition) is 0. The van der Waals surface area contributed by atoms with Crippen LogP contribution >= 0.6 is 0 Å². The largest absolute Gasteiger partial charge is 0.497 e. The van der Waals surface area contributed by atoms with Crippen molar-refractivity contribution in [3.63, 3.8) is 0 Å². The van der Waals surface area contributed by atoms with E-state index in [9.17, 15) is 13.2 Å². The first-order valence-corrected chi connectivity index (χ1v) is 12.2. The zero-order valence-corrected chi connectivity index (χ0v) is 19.7. The summed E-state index contributed by atoms with van der Waals surface area (Å²) in [5.41, 5.74) is 0.581. The Balaban J connectivity index is 1.46. The summed E-state index contributed by atoms with van der Waals surface area (Å²) >= 11 is 0. The van der Waals surface area contributed by atoms with E-state index in [-0.39, 0.29) is 29.8 Å². The molecule has 2 heterocycles. The van der Waals surface area contributed by atoms with Gasteiger partial charge < -0.3 is 18.7 Å². The van der Waals surface area contributed by atoms with Crippen LogP contribution in [0.15, 0.2) is 57.9 Å². The number of piperidine rings is 1. The van der Waals surface area contributed by atoms with Gasteiger partial charge in [-0.25, -0.2) is 8.42 Å². The second-order valence-corrected chi connectivity index (χ2v) is 9.52. The zero-order valence-electron chi connectivity index (χ0n) is 18.8. The quantitative estimate of drug-likeness (QED) is 0.441. The maximum absolute atomic E-state index is 13.1. The van der Waals surface area contributed by atoms with Crippen molar-refractivity contribution >= 4 is 16.0 Å². The van der Waals surface area contributed by atoms with Crippen molar-refractivity contribution < 1.29 is 31.9 Å². The molecule has 1 aliphatic rings. The monoisotopic (exact) mass is 487 g/mol. The number of esters is 1. The van der Waals surface area contributed by atoms with Gasteiger partial charge in [0.25, 0.3) is 5.89 Å². The molecule has 0 aliphatic carbocycles. The molecule has 0 saturated carbocycles. The van der Waals surface area contributed by atoms with Crippen molar-refractivity contribution in [2.24, 2.45) is 0 Å². The Kier molecular flexibility index (Phi) is 7.13. The molecule has 0 radical (unpaired) electrons. The molecule has 0 spiro atoms. The van der Waals surface area contributed by atoms with Crippen LogP contribution in [-0.4, -0.2) is 55.6 Å². The Labute approximate surface area is 197 Å². The Hall–Kier alpha value is -3.44. The molecule has 0 N–H and O–H groups in total. The highest BCUT2D eigenvalue weighted by Gasteiger charge is 2.38. The summed E-state index contributed by atoms with van der Waals surface area (Å²) < 4.78 is 48.6. The van der Waals surface area contributed by atoms with Crippen molar-refractivity contribution in [3.05, 3.63) is 54.4 Å². The van der Waals surface area contributed by atoms with Gasteiger partial charge in [0.2, 0.25) is 15.8 Å². The zero-order chi connectivity index (χ0) is 24.1. The summed E-state index contributed by atoms with van der Waals surface area (Å²) in [6.45, 7) is -0.0288. The summed E-state index contributed by atoms with van der Waals surface area (Å²) in [5, 5.41) is 3.93. The molecule has 180 valence electrons. The smallest absolute Gasteiger partial charge is 0.324 e. The first kappa shape index (κ1) is 23.7. The molecule has 0 bridgehead atoms. The van der Waals surface area contributed by atoms with E-state index < -0.39 is 22.0 Å². The molecule has 1 aromatic heterocycles. The van der Waals surface area contributed by atoms with Crippen LogP contribution in [0.5, 0.6) is 11.5 Å². The second kappa shape index (κ2) is 10.2. The van der Waals surface area contributed by atoms with Crippen molar-refractivity contribution in [2.45, 2.75) is 36.8 Å². The number of hydrogen-bond acceptors (Lipinski definition) is 9. The van der Waals surface area contributed by atoms with Crippen LogP contribution in [0.25, 0.3) is 11.4 Å². The number of nitrogens with zero attached hydrogens (tertiary/aromatic N) is 3. The fourth-order valence-corrected chi connectivity index (χ4v) is 5.46. The van der Waals surface area contributed by atoms with E-state index in [1.807, 2.05) is 0 Å². The molecular weight excluding hydrogens is 462 g/mol. The minimum atomic E-state index is -3.83. The third-order valence-corrected chi connectivity index (χ3v) is 7.45. The normalized spacial score (nSPS) is 16.7. The van der Waals surface area contributed by atoms with Crippen LogP contribution in [0.1, 0.15) is 25.2 Å². The van der Waals surface area contributed by atoms with Gasteiger partial charge in [-0.1, -0.05) is 23.4 Å². The van der Waals surface area contributed by atoms with Gasteiger partial charge in [-0.05, 0) is 43.5 Å². The number of benzene rings is 2. The molecule has 1 aliphatic heterocycles. The fourth-order valence-electron chi connectivity index (χ4n) is 3.79. The third-order valence-electron chi connectivity index (χ3n) is 5.53. The molecule has 11 heteroatoms. The van der Waals surface area contributed by atoms with E-state index in [2.05, 4.69) is 10.1 Å². The topological polar surface area (TPSA) is 121 Å². The Morgan fingerprint density at radius 3 is 2.65 bits per heavy atom. The first-order chi connectivity index (χ1) is 16.4. The van der Waals surface area contributed by atoms with Gasteiger partial charge in [0.15, 0.2) is 6.61 Å². The van der Waals surface area contributed by atoms with Gasteiger partial charge in [0.1, 0.15) is 17.5 Å². The Morgan fingerprint density at radius 1 is 1.12 bits per heavy atom. The Bertz CT molecular complexity index is 1240. The molecular formula is C23H25N3O7S. The molecule has 1 atom stereocenters. The van der Waals surface area contributed by atoms with E-state index in [1.165, 1.54) is 23.5 Å². The number of ether oxygens (including phenoxy) is 3. The Morgan fingerprint density at radius 2 is 1.91 bits per heavy atom.